The van der Waals surface area contributed by atoms with Crippen molar-refractivity contribution in [3.8, 4) is 17.6 Å². The van der Waals surface area contributed by atoms with Gasteiger partial charge in [-0.25, -0.2) is 0 Å². The van der Waals surface area contributed by atoms with Gasteiger partial charge in [-0.05, 0) is 25.5 Å². The maximum Gasteiger partial charge on any atom is 0.260 e. The Morgan fingerprint density at radius 1 is 1.33 bits per heavy atom. The standard InChI is InChI=1S/C16H22N2O3/c1-4-6-9-18(5-2)16(19)12-21-14-8-7-13(11-17)10-15(14)20-3/h7-8,10H,4-6,9,12H2,1-3H3. The van der Waals surface area contributed by atoms with Crippen molar-refractivity contribution in [2.75, 3.05) is 26.8 Å². The van der Waals surface area contributed by atoms with Gasteiger partial charge in [0.15, 0.2) is 18.1 Å². The minimum atomic E-state index is -0.0441. The number of methoxy groups -OCH3 is 1. The monoisotopic (exact) mass is 290 g/mol. The number of likely N-dealkylation sites (N-methyl/N-ethyl adjacent to an activating group) is 1. The van der Waals surface area contributed by atoms with E-state index in [-0.39, 0.29) is 12.5 Å². The SMILES string of the molecule is CCCCN(CC)C(=O)COc1ccc(C#N)cc1OC. The summed E-state index contributed by atoms with van der Waals surface area (Å²) in [6.45, 7) is 5.44. The summed E-state index contributed by atoms with van der Waals surface area (Å²) in [6.07, 6.45) is 2.04. The molecule has 1 rings (SSSR count). The Hall–Kier alpha value is -2.22. The maximum atomic E-state index is 12.1. The largest absolute Gasteiger partial charge is 0.493 e. The Morgan fingerprint density at radius 3 is 2.67 bits per heavy atom. The van der Waals surface area contributed by atoms with E-state index in [9.17, 15) is 4.79 Å². The number of rotatable bonds is 8. The normalized spacial score (nSPS) is 9.81. The van der Waals surface area contributed by atoms with Crippen LogP contribution in [0.2, 0.25) is 0 Å². The van der Waals surface area contributed by atoms with Gasteiger partial charge in [-0.15, -0.1) is 0 Å². The second kappa shape index (κ2) is 8.85. The summed E-state index contributed by atoms with van der Waals surface area (Å²) in [5.74, 6) is 0.882. The van der Waals surface area contributed by atoms with Crippen LogP contribution in [0.5, 0.6) is 11.5 Å². The van der Waals surface area contributed by atoms with E-state index in [2.05, 4.69) is 6.92 Å². The van der Waals surface area contributed by atoms with Crippen molar-refractivity contribution in [2.24, 2.45) is 0 Å². The number of amides is 1. The number of carbonyl (C=O) groups is 1. The Bertz CT molecular complexity index is 509. The zero-order chi connectivity index (χ0) is 15.7. The van der Waals surface area contributed by atoms with Crippen molar-refractivity contribution in [3.63, 3.8) is 0 Å². The number of carbonyl (C=O) groups excluding carboxylic acids is 1. The lowest BCUT2D eigenvalue weighted by Gasteiger charge is -2.21. The number of hydrogen-bond acceptors (Lipinski definition) is 4. The highest BCUT2D eigenvalue weighted by Crippen LogP contribution is 2.27. The van der Waals surface area contributed by atoms with Gasteiger partial charge in [0.1, 0.15) is 0 Å². The third-order valence-corrected chi connectivity index (χ3v) is 3.16. The fraction of sp³-hybridized carbons (Fsp3) is 0.500. The molecule has 5 heteroatoms. The van der Waals surface area contributed by atoms with Gasteiger partial charge in [-0.1, -0.05) is 13.3 Å². The van der Waals surface area contributed by atoms with Crippen LogP contribution in [0.4, 0.5) is 0 Å². The molecule has 0 aromatic heterocycles. The van der Waals surface area contributed by atoms with Crippen LogP contribution in [0.1, 0.15) is 32.3 Å². The summed E-state index contributed by atoms with van der Waals surface area (Å²) in [5, 5.41) is 8.85. The molecular formula is C16H22N2O3. The second-order valence-electron chi connectivity index (χ2n) is 4.59. The van der Waals surface area contributed by atoms with Gasteiger partial charge in [-0.3, -0.25) is 4.79 Å². The minimum absolute atomic E-state index is 0.0280. The van der Waals surface area contributed by atoms with Crippen molar-refractivity contribution in [2.45, 2.75) is 26.7 Å². The summed E-state index contributed by atoms with van der Waals surface area (Å²) < 4.78 is 10.7. The maximum absolute atomic E-state index is 12.1. The lowest BCUT2D eigenvalue weighted by atomic mass is 10.2. The third kappa shape index (κ3) is 4.99. The molecule has 114 valence electrons. The van der Waals surface area contributed by atoms with Crippen LogP contribution >= 0.6 is 0 Å². The molecule has 0 N–H and O–H groups in total. The fourth-order valence-corrected chi connectivity index (χ4v) is 1.90. The summed E-state index contributed by atoms with van der Waals surface area (Å²) in [4.78, 5) is 13.9. The smallest absolute Gasteiger partial charge is 0.260 e. The molecular weight excluding hydrogens is 268 g/mol. The molecule has 1 amide bonds. The van der Waals surface area contributed by atoms with Crippen molar-refractivity contribution < 1.29 is 14.3 Å². The summed E-state index contributed by atoms with van der Waals surface area (Å²) in [7, 11) is 1.50. The third-order valence-electron chi connectivity index (χ3n) is 3.16. The highest BCUT2D eigenvalue weighted by Gasteiger charge is 2.13. The molecule has 0 spiro atoms. The predicted octanol–water partition coefficient (Wildman–Crippen LogP) is 2.59. The van der Waals surface area contributed by atoms with Crippen molar-refractivity contribution in [1.82, 2.24) is 4.90 Å². The molecule has 21 heavy (non-hydrogen) atoms. The van der Waals surface area contributed by atoms with Gasteiger partial charge in [-0.2, -0.15) is 5.26 Å². The van der Waals surface area contributed by atoms with Crippen LogP contribution in [0.15, 0.2) is 18.2 Å². The molecule has 1 aromatic rings. The second-order valence-corrected chi connectivity index (χ2v) is 4.59. The van der Waals surface area contributed by atoms with Crippen LogP contribution in [-0.2, 0) is 4.79 Å². The first kappa shape index (κ1) is 16.8. The zero-order valence-corrected chi connectivity index (χ0v) is 12.9. The van der Waals surface area contributed by atoms with E-state index >= 15 is 0 Å². The van der Waals surface area contributed by atoms with E-state index in [0.717, 1.165) is 19.4 Å². The number of nitriles is 1. The van der Waals surface area contributed by atoms with E-state index in [1.165, 1.54) is 7.11 Å². The van der Waals surface area contributed by atoms with Crippen molar-refractivity contribution in [3.05, 3.63) is 23.8 Å². The van der Waals surface area contributed by atoms with Gasteiger partial charge in [0.2, 0.25) is 0 Å². The Balaban J connectivity index is 2.66. The first-order valence-corrected chi connectivity index (χ1v) is 7.14. The van der Waals surface area contributed by atoms with E-state index in [1.54, 1.807) is 23.1 Å². The molecule has 0 atom stereocenters. The zero-order valence-electron chi connectivity index (χ0n) is 12.9. The van der Waals surface area contributed by atoms with Gasteiger partial charge in [0.25, 0.3) is 5.91 Å². The number of unbranched alkanes of at least 4 members (excludes halogenated alkanes) is 1. The Morgan fingerprint density at radius 2 is 2.10 bits per heavy atom. The molecule has 0 saturated carbocycles. The first-order chi connectivity index (χ1) is 10.2. The van der Waals surface area contributed by atoms with Crippen LogP contribution in [-0.4, -0.2) is 37.6 Å². The first-order valence-electron chi connectivity index (χ1n) is 7.14. The molecule has 0 unspecified atom stereocenters. The summed E-state index contributed by atoms with van der Waals surface area (Å²) in [6, 6.07) is 6.91. The lowest BCUT2D eigenvalue weighted by molar-refractivity contribution is -0.133. The number of nitrogens with zero attached hydrogens (tertiary/aromatic N) is 2. The van der Waals surface area contributed by atoms with Crippen LogP contribution < -0.4 is 9.47 Å². The quantitative estimate of drug-likeness (QED) is 0.738. The topological polar surface area (TPSA) is 62.6 Å². The fourth-order valence-electron chi connectivity index (χ4n) is 1.90. The van der Waals surface area contributed by atoms with Gasteiger partial charge in [0.05, 0.1) is 18.7 Å². The molecule has 0 bridgehead atoms. The van der Waals surface area contributed by atoms with Crippen LogP contribution in [0.25, 0.3) is 0 Å². The molecule has 0 heterocycles. The average molecular weight is 290 g/mol. The molecule has 1 aromatic carbocycles. The van der Waals surface area contributed by atoms with E-state index < -0.39 is 0 Å². The van der Waals surface area contributed by atoms with Crippen molar-refractivity contribution >= 4 is 5.91 Å². The summed E-state index contributed by atoms with van der Waals surface area (Å²) in [5.41, 5.74) is 0.489. The highest BCUT2D eigenvalue weighted by atomic mass is 16.5. The molecule has 0 fully saturated rings. The lowest BCUT2D eigenvalue weighted by Crippen LogP contribution is -2.35. The molecule has 0 aliphatic carbocycles. The summed E-state index contributed by atoms with van der Waals surface area (Å²) >= 11 is 0. The predicted molar refractivity (Wildman–Crippen MR) is 80.4 cm³/mol. The van der Waals surface area contributed by atoms with E-state index in [1.807, 2.05) is 13.0 Å². The molecule has 0 saturated heterocycles. The Kier molecular flexibility index (Phi) is 7.10. The average Bonchev–Trinajstić information content (AvgIpc) is 2.53. The van der Waals surface area contributed by atoms with Gasteiger partial charge >= 0.3 is 0 Å². The molecule has 0 aliphatic heterocycles. The van der Waals surface area contributed by atoms with E-state index in [4.69, 9.17) is 14.7 Å². The number of ether oxygens (including phenoxy) is 2. The molecule has 5 nitrogen and oxygen atoms in total. The van der Waals surface area contributed by atoms with Crippen LogP contribution in [0, 0.1) is 11.3 Å². The number of benzene rings is 1. The number of hydrogen-bond donors (Lipinski definition) is 0. The van der Waals surface area contributed by atoms with Gasteiger partial charge < -0.3 is 14.4 Å². The van der Waals surface area contributed by atoms with Gasteiger partial charge in [0, 0.05) is 19.2 Å². The Labute approximate surface area is 126 Å². The molecule has 0 radical (unpaired) electrons. The van der Waals surface area contributed by atoms with Crippen LogP contribution in [0.3, 0.4) is 0 Å². The molecule has 0 aliphatic rings. The van der Waals surface area contributed by atoms with Crippen molar-refractivity contribution in [1.29, 1.82) is 5.26 Å². The minimum Gasteiger partial charge on any atom is -0.493 e. The highest BCUT2D eigenvalue weighted by molar-refractivity contribution is 5.77. The van der Waals surface area contributed by atoms with E-state index in [0.29, 0.717) is 23.6 Å².